The predicted molar refractivity (Wildman–Crippen MR) is 69.0 cm³/mol. The molecule has 1 aromatic rings. The second-order valence-electron chi connectivity index (χ2n) is 3.95. The summed E-state index contributed by atoms with van der Waals surface area (Å²) in [6.45, 7) is 6.38. The fourth-order valence-corrected chi connectivity index (χ4v) is 1.74. The summed E-state index contributed by atoms with van der Waals surface area (Å²) in [5.41, 5.74) is 1.09. The van der Waals surface area contributed by atoms with E-state index in [1.165, 1.54) is 0 Å². The fraction of sp³-hybridized carbons (Fsp3) is 0.500. The van der Waals surface area contributed by atoms with Gasteiger partial charge in [0.25, 0.3) is 0 Å². The third-order valence-corrected chi connectivity index (χ3v) is 3.26. The number of benzene rings is 1. The summed E-state index contributed by atoms with van der Waals surface area (Å²) < 4.78 is 5.86. The van der Waals surface area contributed by atoms with E-state index in [1.807, 2.05) is 18.2 Å². The van der Waals surface area contributed by atoms with E-state index in [2.05, 4.69) is 36.7 Å². The van der Waals surface area contributed by atoms with Gasteiger partial charge in [-0.2, -0.15) is 0 Å². The van der Waals surface area contributed by atoms with Crippen LogP contribution in [0.1, 0.15) is 26.3 Å². The monoisotopic (exact) mass is 290 g/mol. The number of halogens is 2. The third-order valence-electron chi connectivity index (χ3n) is 2.42. The van der Waals surface area contributed by atoms with Crippen LogP contribution < -0.4 is 4.74 Å². The topological polar surface area (TPSA) is 9.23 Å². The second kappa shape index (κ2) is 5.76. The quantitative estimate of drug-likeness (QED) is 0.733. The van der Waals surface area contributed by atoms with Crippen molar-refractivity contribution in [1.82, 2.24) is 0 Å². The van der Waals surface area contributed by atoms with Gasteiger partial charge in [0.1, 0.15) is 5.75 Å². The maximum Gasteiger partial charge on any atom is 0.123 e. The Hall–Kier alpha value is -0.210. The molecule has 0 fully saturated rings. The van der Waals surface area contributed by atoms with Crippen molar-refractivity contribution in [2.24, 2.45) is 5.92 Å². The first-order chi connectivity index (χ1) is 7.04. The van der Waals surface area contributed by atoms with E-state index in [0.29, 0.717) is 5.92 Å². The smallest absolute Gasteiger partial charge is 0.123 e. The van der Waals surface area contributed by atoms with Gasteiger partial charge >= 0.3 is 0 Å². The van der Waals surface area contributed by atoms with Crippen molar-refractivity contribution in [3.63, 3.8) is 0 Å². The molecular weight excluding hydrogens is 275 g/mol. The SMILES string of the molecule is CC(C)C(C)Oc1ccc(Cl)cc1CBr. The van der Waals surface area contributed by atoms with E-state index >= 15 is 0 Å². The van der Waals surface area contributed by atoms with Crippen molar-refractivity contribution < 1.29 is 4.74 Å². The minimum Gasteiger partial charge on any atom is -0.490 e. The van der Waals surface area contributed by atoms with Crippen LogP contribution in [0.2, 0.25) is 5.02 Å². The molecule has 0 aliphatic carbocycles. The van der Waals surface area contributed by atoms with Crippen LogP contribution in [-0.4, -0.2) is 6.10 Å². The average molecular weight is 292 g/mol. The summed E-state index contributed by atoms with van der Waals surface area (Å²) in [6.07, 6.45) is 0.212. The van der Waals surface area contributed by atoms with E-state index in [0.717, 1.165) is 21.7 Å². The molecule has 3 heteroatoms. The summed E-state index contributed by atoms with van der Waals surface area (Å²) in [5, 5.41) is 1.50. The zero-order valence-electron chi connectivity index (χ0n) is 9.26. The molecule has 0 aliphatic heterocycles. The number of ether oxygens (including phenoxy) is 1. The van der Waals surface area contributed by atoms with Crippen molar-refractivity contribution in [3.8, 4) is 5.75 Å². The van der Waals surface area contributed by atoms with Gasteiger partial charge in [-0.1, -0.05) is 41.4 Å². The second-order valence-corrected chi connectivity index (χ2v) is 4.95. The molecule has 1 nitrogen and oxygen atoms in total. The van der Waals surface area contributed by atoms with Crippen LogP contribution in [0.25, 0.3) is 0 Å². The largest absolute Gasteiger partial charge is 0.490 e. The van der Waals surface area contributed by atoms with E-state index in [4.69, 9.17) is 16.3 Å². The zero-order chi connectivity index (χ0) is 11.4. The summed E-state index contributed by atoms with van der Waals surface area (Å²) in [6, 6.07) is 5.71. The molecule has 1 aromatic carbocycles. The van der Waals surface area contributed by atoms with Gasteiger partial charge in [-0.3, -0.25) is 0 Å². The molecule has 0 radical (unpaired) electrons. The molecule has 1 rings (SSSR count). The zero-order valence-corrected chi connectivity index (χ0v) is 11.6. The van der Waals surface area contributed by atoms with Crippen LogP contribution in [-0.2, 0) is 5.33 Å². The number of hydrogen-bond donors (Lipinski definition) is 0. The Morgan fingerprint density at radius 1 is 1.33 bits per heavy atom. The van der Waals surface area contributed by atoms with Crippen molar-refractivity contribution in [1.29, 1.82) is 0 Å². The Morgan fingerprint density at radius 3 is 2.53 bits per heavy atom. The molecule has 0 aromatic heterocycles. The Labute approximate surface area is 105 Å². The van der Waals surface area contributed by atoms with E-state index in [-0.39, 0.29) is 6.10 Å². The van der Waals surface area contributed by atoms with Crippen molar-refractivity contribution in [2.75, 3.05) is 0 Å². The molecule has 0 saturated heterocycles. The molecular formula is C12H16BrClO. The van der Waals surface area contributed by atoms with Gasteiger partial charge in [-0.25, -0.2) is 0 Å². The molecule has 1 atom stereocenters. The predicted octanol–water partition coefficient (Wildman–Crippen LogP) is 4.66. The lowest BCUT2D eigenvalue weighted by Gasteiger charge is -2.19. The van der Waals surface area contributed by atoms with Crippen LogP contribution in [0, 0.1) is 5.92 Å². The molecule has 0 saturated carbocycles. The van der Waals surface area contributed by atoms with Crippen molar-refractivity contribution >= 4 is 27.5 Å². The molecule has 0 amide bonds. The normalized spacial score (nSPS) is 12.9. The molecule has 15 heavy (non-hydrogen) atoms. The molecule has 0 N–H and O–H groups in total. The minimum absolute atomic E-state index is 0.212. The Morgan fingerprint density at radius 2 is 2.00 bits per heavy atom. The molecule has 0 heterocycles. The highest BCUT2D eigenvalue weighted by Gasteiger charge is 2.11. The van der Waals surface area contributed by atoms with Crippen LogP contribution in [0.4, 0.5) is 0 Å². The van der Waals surface area contributed by atoms with Gasteiger partial charge in [-0.15, -0.1) is 0 Å². The van der Waals surface area contributed by atoms with Crippen molar-refractivity contribution in [3.05, 3.63) is 28.8 Å². The van der Waals surface area contributed by atoms with Gasteiger partial charge in [0.2, 0.25) is 0 Å². The lowest BCUT2D eigenvalue weighted by atomic mass is 10.1. The number of hydrogen-bond acceptors (Lipinski definition) is 1. The highest BCUT2D eigenvalue weighted by atomic mass is 79.9. The van der Waals surface area contributed by atoms with Crippen molar-refractivity contribution in [2.45, 2.75) is 32.2 Å². The van der Waals surface area contributed by atoms with Gasteiger partial charge in [-0.05, 0) is 31.0 Å². The lowest BCUT2D eigenvalue weighted by molar-refractivity contribution is 0.169. The van der Waals surface area contributed by atoms with Gasteiger partial charge in [0.15, 0.2) is 0 Å². The number of rotatable bonds is 4. The Bertz CT molecular complexity index is 325. The molecule has 0 aliphatic rings. The Kier molecular flexibility index (Phi) is 4.94. The van der Waals surface area contributed by atoms with Gasteiger partial charge in [0.05, 0.1) is 6.10 Å². The molecule has 0 spiro atoms. The highest BCUT2D eigenvalue weighted by Crippen LogP contribution is 2.26. The molecule has 0 bridgehead atoms. The lowest BCUT2D eigenvalue weighted by Crippen LogP contribution is -2.19. The molecule has 1 unspecified atom stereocenters. The maximum absolute atomic E-state index is 5.92. The van der Waals surface area contributed by atoms with Crippen LogP contribution in [0.15, 0.2) is 18.2 Å². The van der Waals surface area contributed by atoms with Gasteiger partial charge < -0.3 is 4.74 Å². The fourth-order valence-electron chi connectivity index (χ4n) is 1.10. The Balaban J connectivity index is 2.84. The minimum atomic E-state index is 0.212. The maximum atomic E-state index is 5.92. The van der Waals surface area contributed by atoms with Gasteiger partial charge in [0, 0.05) is 15.9 Å². The first-order valence-electron chi connectivity index (χ1n) is 5.05. The number of alkyl halides is 1. The average Bonchev–Trinajstić information content (AvgIpc) is 2.20. The first kappa shape index (κ1) is 12.9. The standard InChI is InChI=1S/C12H16BrClO/c1-8(2)9(3)15-12-5-4-11(14)6-10(12)7-13/h4-6,8-9H,7H2,1-3H3. The van der Waals surface area contributed by atoms with Crippen LogP contribution in [0.5, 0.6) is 5.75 Å². The summed E-state index contributed by atoms with van der Waals surface area (Å²) in [7, 11) is 0. The van der Waals surface area contributed by atoms with Crippen LogP contribution >= 0.6 is 27.5 Å². The molecule has 84 valence electrons. The third kappa shape index (κ3) is 3.69. The summed E-state index contributed by atoms with van der Waals surface area (Å²) in [4.78, 5) is 0. The highest BCUT2D eigenvalue weighted by molar-refractivity contribution is 9.08. The van der Waals surface area contributed by atoms with E-state index in [1.54, 1.807) is 0 Å². The summed E-state index contributed by atoms with van der Waals surface area (Å²) >= 11 is 9.35. The van der Waals surface area contributed by atoms with Crippen LogP contribution in [0.3, 0.4) is 0 Å². The van der Waals surface area contributed by atoms with E-state index in [9.17, 15) is 0 Å². The van der Waals surface area contributed by atoms with E-state index < -0.39 is 0 Å². The first-order valence-corrected chi connectivity index (χ1v) is 6.55. The summed E-state index contributed by atoms with van der Waals surface area (Å²) in [5.74, 6) is 1.42.